The van der Waals surface area contributed by atoms with Crippen LogP contribution in [0.5, 0.6) is 0 Å². The van der Waals surface area contributed by atoms with E-state index in [4.69, 9.17) is 9.47 Å². The number of nitrogens with zero attached hydrogens (tertiary/aromatic N) is 1. The fourth-order valence-electron chi connectivity index (χ4n) is 3.31. The molecule has 3 rings (SSSR count). The van der Waals surface area contributed by atoms with Gasteiger partial charge in [-0.1, -0.05) is 18.2 Å². The van der Waals surface area contributed by atoms with Gasteiger partial charge < -0.3 is 19.7 Å². The Hall–Kier alpha value is -2.57. The van der Waals surface area contributed by atoms with Crippen molar-refractivity contribution < 1.29 is 23.9 Å². The van der Waals surface area contributed by atoms with E-state index in [2.05, 4.69) is 5.32 Å². The molecule has 1 aromatic carbocycles. The first-order valence-electron chi connectivity index (χ1n) is 8.59. The maximum atomic E-state index is 12.8. The molecule has 2 aliphatic heterocycles. The van der Waals surface area contributed by atoms with Crippen LogP contribution in [0.4, 0.5) is 4.79 Å². The molecule has 1 N–H and O–H groups in total. The minimum atomic E-state index is -0.802. The van der Waals surface area contributed by atoms with E-state index in [1.807, 2.05) is 12.1 Å². The van der Waals surface area contributed by atoms with E-state index in [0.717, 1.165) is 18.4 Å². The smallest absolute Gasteiger partial charge is 0.407 e. The second kappa shape index (κ2) is 7.55. The quantitative estimate of drug-likeness (QED) is 0.839. The first kappa shape index (κ1) is 17.3. The number of amides is 2. The normalized spacial score (nSPS) is 22.6. The fraction of sp³-hybridized carbons (Fsp3) is 0.500. The van der Waals surface area contributed by atoms with E-state index in [1.165, 1.54) is 0 Å². The minimum absolute atomic E-state index is 0.150. The second-order valence-electron chi connectivity index (χ2n) is 6.24. The lowest BCUT2D eigenvalue weighted by atomic mass is 9.97. The lowest BCUT2D eigenvalue weighted by Crippen LogP contribution is -2.53. The van der Waals surface area contributed by atoms with Gasteiger partial charge in [0.15, 0.2) is 6.10 Å². The number of alkyl carbamates (subject to hydrolysis) is 1. The number of nitrogens with one attached hydrogen (secondary N) is 1. The molecule has 2 heterocycles. The van der Waals surface area contributed by atoms with Gasteiger partial charge in [-0.05, 0) is 31.4 Å². The van der Waals surface area contributed by atoms with Crippen molar-refractivity contribution in [3.63, 3.8) is 0 Å². The van der Waals surface area contributed by atoms with Crippen LogP contribution < -0.4 is 5.32 Å². The molecule has 0 bridgehead atoms. The highest BCUT2D eigenvalue weighted by molar-refractivity contribution is 5.95. The predicted molar refractivity (Wildman–Crippen MR) is 89.1 cm³/mol. The maximum absolute atomic E-state index is 12.8. The molecule has 2 amide bonds. The summed E-state index contributed by atoms with van der Waals surface area (Å²) in [5, 5.41) is 2.77. The van der Waals surface area contributed by atoms with Crippen LogP contribution in [0.3, 0.4) is 0 Å². The van der Waals surface area contributed by atoms with E-state index in [1.54, 1.807) is 24.0 Å². The number of hydrogen-bond donors (Lipinski definition) is 1. The standard InChI is InChI=1S/C18H22N2O5/c1-2-24-18(23)19-13-7-5-9-20(11-13)16(21)15-10-12-6-3-4-8-14(12)17(22)25-15/h3-4,6,8,13,15H,2,5,7,9-11H2,1H3,(H,19,23)/t13-,15+/m1/s1. The van der Waals surface area contributed by atoms with Crippen LogP contribution in [0, 0.1) is 0 Å². The van der Waals surface area contributed by atoms with Gasteiger partial charge in [-0.25, -0.2) is 9.59 Å². The van der Waals surface area contributed by atoms with Crippen molar-refractivity contribution in [3.8, 4) is 0 Å². The number of cyclic esters (lactones) is 1. The number of hydrogen-bond acceptors (Lipinski definition) is 5. The summed E-state index contributed by atoms with van der Waals surface area (Å²) in [4.78, 5) is 38.1. The highest BCUT2D eigenvalue weighted by Crippen LogP contribution is 2.23. The zero-order chi connectivity index (χ0) is 17.8. The molecule has 1 aromatic rings. The Kier molecular flexibility index (Phi) is 5.21. The molecule has 2 aliphatic rings. The molecule has 0 saturated carbocycles. The molecule has 1 fully saturated rings. The largest absolute Gasteiger partial charge is 0.450 e. The Bertz CT molecular complexity index is 675. The van der Waals surface area contributed by atoms with Crippen LogP contribution >= 0.6 is 0 Å². The predicted octanol–water partition coefficient (Wildman–Crippen LogP) is 1.51. The summed E-state index contributed by atoms with van der Waals surface area (Å²) in [5.74, 6) is -0.670. The lowest BCUT2D eigenvalue weighted by Gasteiger charge is -2.35. The van der Waals surface area contributed by atoms with Crippen molar-refractivity contribution >= 4 is 18.0 Å². The topological polar surface area (TPSA) is 84.9 Å². The molecule has 7 nitrogen and oxygen atoms in total. The van der Waals surface area contributed by atoms with Gasteiger partial charge in [0.2, 0.25) is 0 Å². The lowest BCUT2D eigenvalue weighted by molar-refractivity contribution is -0.142. The number of piperidine rings is 1. The molecular formula is C18H22N2O5. The van der Waals surface area contributed by atoms with Gasteiger partial charge in [0.1, 0.15) is 0 Å². The maximum Gasteiger partial charge on any atom is 0.407 e. The van der Waals surface area contributed by atoms with E-state index in [-0.39, 0.29) is 11.9 Å². The Balaban J connectivity index is 1.63. The van der Waals surface area contributed by atoms with Gasteiger partial charge in [0.05, 0.1) is 12.2 Å². The van der Waals surface area contributed by atoms with Gasteiger partial charge >= 0.3 is 12.1 Å². The molecule has 134 valence electrons. The molecule has 2 atom stereocenters. The third-order valence-corrected chi connectivity index (χ3v) is 4.50. The molecule has 0 unspecified atom stereocenters. The zero-order valence-corrected chi connectivity index (χ0v) is 14.2. The first-order chi connectivity index (χ1) is 12.1. The van der Waals surface area contributed by atoms with Gasteiger partial charge in [-0.2, -0.15) is 0 Å². The Morgan fingerprint density at radius 3 is 2.96 bits per heavy atom. The average Bonchev–Trinajstić information content (AvgIpc) is 2.61. The fourth-order valence-corrected chi connectivity index (χ4v) is 3.31. The Morgan fingerprint density at radius 1 is 1.36 bits per heavy atom. The molecule has 0 radical (unpaired) electrons. The SMILES string of the molecule is CCOC(=O)N[C@@H]1CCCN(C(=O)[C@@H]2Cc3ccccc3C(=O)O2)C1. The summed E-state index contributed by atoms with van der Waals surface area (Å²) in [6.07, 6.45) is 0.673. The summed E-state index contributed by atoms with van der Waals surface area (Å²) in [6, 6.07) is 7.02. The van der Waals surface area contributed by atoms with Gasteiger partial charge in [-0.3, -0.25) is 4.79 Å². The van der Waals surface area contributed by atoms with Crippen molar-refractivity contribution in [2.45, 2.75) is 38.3 Å². The summed E-state index contributed by atoms with van der Waals surface area (Å²) in [6.45, 7) is 3.03. The van der Waals surface area contributed by atoms with Crippen molar-refractivity contribution in [3.05, 3.63) is 35.4 Å². The number of likely N-dealkylation sites (tertiary alicyclic amines) is 1. The number of carbonyl (C=O) groups excluding carboxylic acids is 3. The van der Waals surface area contributed by atoms with Crippen LogP contribution in [0.25, 0.3) is 0 Å². The van der Waals surface area contributed by atoms with Gasteiger partial charge in [-0.15, -0.1) is 0 Å². The van der Waals surface area contributed by atoms with Crippen molar-refractivity contribution in [1.29, 1.82) is 0 Å². The summed E-state index contributed by atoms with van der Waals surface area (Å²) in [7, 11) is 0. The molecule has 1 saturated heterocycles. The minimum Gasteiger partial charge on any atom is -0.450 e. The zero-order valence-electron chi connectivity index (χ0n) is 14.2. The number of rotatable bonds is 3. The Morgan fingerprint density at radius 2 is 2.16 bits per heavy atom. The first-order valence-corrected chi connectivity index (χ1v) is 8.59. The molecule has 25 heavy (non-hydrogen) atoms. The highest BCUT2D eigenvalue weighted by atomic mass is 16.6. The second-order valence-corrected chi connectivity index (χ2v) is 6.24. The van der Waals surface area contributed by atoms with Crippen LogP contribution in [-0.2, 0) is 20.7 Å². The summed E-state index contributed by atoms with van der Waals surface area (Å²) >= 11 is 0. The van der Waals surface area contributed by atoms with E-state index >= 15 is 0 Å². The van der Waals surface area contributed by atoms with Crippen LogP contribution in [0.2, 0.25) is 0 Å². The number of esters is 1. The third kappa shape index (κ3) is 3.92. The number of fused-ring (bicyclic) bond motifs is 1. The monoisotopic (exact) mass is 346 g/mol. The van der Waals surface area contributed by atoms with Crippen molar-refractivity contribution in [1.82, 2.24) is 10.2 Å². The molecule has 0 aliphatic carbocycles. The molecule has 0 spiro atoms. The van der Waals surface area contributed by atoms with Crippen molar-refractivity contribution in [2.75, 3.05) is 19.7 Å². The van der Waals surface area contributed by atoms with E-state index < -0.39 is 18.2 Å². The molecular weight excluding hydrogens is 324 g/mol. The van der Waals surface area contributed by atoms with E-state index in [0.29, 0.717) is 31.7 Å². The van der Waals surface area contributed by atoms with Crippen molar-refractivity contribution in [2.24, 2.45) is 0 Å². The van der Waals surface area contributed by atoms with E-state index in [9.17, 15) is 14.4 Å². The van der Waals surface area contributed by atoms with Crippen LogP contribution in [0.15, 0.2) is 24.3 Å². The third-order valence-electron chi connectivity index (χ3n) is 4.50. The van der Waals surface area contributed by atoms with Crippen LogP contribution in [0.1, 0.15) is 35.7 Å². The molecule has 7 heteroatoms. The summed E-state index contributed by atoms with van der Waals surface area (Å²) < 4.78 is 10.2. The van der Waals surface area contributed by atoms with Gasteiger partial charge in [0.25, 0.3) is 5.91 Å². The number of ether oxygens (including phenoxy) is 2. The Labute approximate surface area is 146 Å². The van der Waals surface area contributed by atoms with Crippen LogP contribution in [-0.4, -0.2) is 54.7 Å². The molecule has 0 aromatic heterocycles. The number of benzene rings is 1. The number of carbonyl (C=O) groups is 3. The highest BCUT2D eigenvalue weighted by Gasteiger charge is 2.35. The average molecular weight is 346 g/mol. The van der Waals surface area contributed by atoms with Gasteiger partial charge in [0, 0.05) is 25.6 Å². The summed E-state index contributed by atoms with van der Waals surface area (Å²) in [5.41, 5.74) is 1.35.